The van der Waals surface area contributed by atoms with Gasteiger partial charge >= 0.3 is 0 Å². The van der Waals surface area contributed by atoms with Crippen LogP contribution in [0.3, 0.4) is 0 Å². The van der Waals surface area contributed by atoms with Crippen molar-refractivity contribution < 1.29 is 4.79 Å². The highest BCUT2D eigenvalue weighted by molar-refractivity contribution is 7.80. The highest BCUT2D eigenvalue weighted by Crippen LogP contribution is 2.36. The molecule has 0 aliphatic carbocycles. The number of nitrogens with one attached hydrogen (secondary N) is 2. The van der Waals surface area contributed by atoms with Crippen molar-refractivity contribution in [2.45, 2.75) is 26.8 Å². The highest BCUT2D eigenvalue weighted by atomic mass is 35.5. The summed E-state index contributed by atoms with van der Waals surface area (Å²) in [6.07, 6.45) is 0. The molecule has 4 nitrogen and oxygen atoms in total. The average Bonchev–Trinajstić information content (AvgIpc) is 2.47. The second kappa shape index (κ2) is 7.51. The maximum Gasteiger partial charge on any atom is 0.253 e. The average molecular weight is 372 g/mol. The van der Waals surface area contributed by atoms with E-state index in [-0.39, 0.29) is 5.91 Å². The minimum atomic E-state index is -0.474. The van der Waals surface area contributed by atoms with E-state index in [1.807, 2.05) is 20.8 Å². The van der Waals surface area contributed by atoms with E-state index in [9.17, 15) is 4.79 Å². The Hall–Kier alpha value is -1.30. The Morgan fingerprint density at radius 1 is 1.26 bits per heavy atom. The SMILES string of the molecule is CCN(CC)C(=O)C1=C(C)NC(=S)NC1c1c(Cl)cccc1Cl. The fourth-order valence-electron chi connectivity index (χ4n) is 2.66. The fourth-order valence-corrected chi connectivity index (χ4v) is 3.55. The normalized spacial score (nSPS) is 17.6. The molecule has 1 unspecified atom stereocenters. The van der Waals surface area contributed by atoms with Gasteiger partial charge in [-0.3, -0.25) is 4.79 Å². The van der Waals surface area contributed by atoms with E-state index in [0.29, 0.717) is 45.1 Å². The molecule has 1 aromatic carbocycles. The van der Waals surface area contributed by atoms with Gasteiger partial charge in [0, 0.05) is 34.4 Å². The quantitative estimate of drug-likeness (QED) is 0.792. The number of likely N-dealkylation sites (N-methyl/N-ethyl adjacent to an activating group) is 1. The van der Waals surface area contributed by atoms with Crippen LogP contribution in [-0.2, 0) is 4.79 Å². The lowest BCUT2D eigenvalue weighted by Gasteiger charge is -2.33. The second-order valence-electron chi connectivity index (χ2n) is 5.18. The number of allylic oxidation sites excluding steroid dienone is 1. The summed E-state index contributed by atoms with van der Waals surface area (Å²) in [4.78, 5) is 14.7. The van der Waals surface area contributed by atoms with Gasteiger partial charge in [0.15, 0.2) is 5.11 Å². The van der Waals surface area contributed by atoms with Crippen LogP contribution in [0.5, 0.6) is 0 Å². The summed E-state index contributed by atoms with van der Waals surface area (Å²) in [5.74, 6) is -0.0593. The predicted molar refractivity (Wildman–Crippen MR) is 98.7 cm³/mol. The Labute approximate surface area is 151 Å². The molecule has 0 radical (unpaired) electrons. The van der Waals surface area contributed by atoms with Crippen LogP contribution in [0.4, 0.5) is 0 Å². The molecule has 1 aromatic rings. The van der Waals surface area contributed by atoms with Crippen molar-refractivity contribution in [3.05, 3.63) is 45.1 Å². The van der Waals surface area contributed by atoms with Crippen LogP contribution >= 0.6 is 35.4 Å². The number of halogens is 2. The first-order valence-electron chi connectivity index (χ1n) is 7.42. The molecular formula is C16H19Cl2N3OS. The third-order valence-electron chi connectivity index (χ3n) is 3.84. The Balaban J connectivity index is 2.57. The molecular weight excluding hydrogens is 353 g/mol. The van der Waals surface area contributed by atoms with Gasteiger partial charge in [0.1, 0.15) is 0 Å². The van der Waals surface area contributed by atoms with Crippen LogP contribution in [-0.4, -0.2) is 29.0 Å². The second-order valence-corrected chi connectivity index (χ2v) is 6.41. The van der Waals surface area contributed by atoms with Crippen LogP contribution in [0.2, 0.25) is 10.0 Å². The van der Waals surface area contributed by atoms with Gasteiger partial charge in [0.25, 0.3) is 5.91 Å². The summed E-state index contributed by atoms with van der Waals surface area (Å²) in [5.41, 5.74) is 1.96. The molecule has 23 heavy (non-hydrogen) atoms. The largest absolute Gasteiger partial charge is 0.351 e. The van der Waals surface area contributed by atoms with Gasteiger partial charge in [-0.25, -0.2) is 0 Å². The topological polar surface area (TPSA) is 44.4 Å². The lowest BCUT2D eigenvalue weighted by Crippen LogP contribution is -2.47. The predicted octanol–water partition coefficient (Wildman–Crippen LogP) is 3.65. The van der Waals surface area contributed by atoms with Crippen LogP contribution < -0.4 is 10.6 Å². The monoisotopic (exact) mass is 371 g/mol. The number of carbonyl (C=O) groups excluding carboxylic acids is 1. The van der Waals surface area contributed by atoms with Crippen LogP contribution in [0.1, 0.15) is 32.4 Å². The summed E-state index contributed by atoms with van der Waals surface area (Å²) in [5, 5.41) is 7.58. The van der Waals surface area contributed by atoms with E-state index >= 15 is 0 Å². The number of benzene rings is 1. The van der Waals surface area contributed by atoms with Crippen molar-refractivity contribution in [2.24, 2.45) is 0 Å². The van der Waals surface area contributed by atoms with E-state index in [1.54, 1.807) is 23.1 Å². The molecule has 7 heteroatoms. The van der Waals surface area contributed by atoms with Crippen LogP contribution in [0.25, 0.3) is 0 Å². The Morgan fingerprint density at radius 3 is 2.35 bits per heavy atom. The third kappa shape index (κ3) is 3.62. The molecule has 1 atom stereocenters. The summed E-state index contributed by atoms with van der Waals surface area (Å²) in [6.45, 7) is 6.98. The molecule has 0 aromatic heterocycles. The van der Waals surface area contributed by atoms with E-state index in [0.717, 1.165) is 0 Å². The van der Waals surface area contributed by atoms with E-state index in [4.69, 9.17) is 35.4 Å². The summed E-state index contributed by atoms with van der Waals surface area (Å²) >= 11 is 17.9. The first-order valence-corrected chi connectivity index (χ1v) is 8.58. The van der Waals surface area contributed by atoms with Crippen LogP contribution in [0, 0.1) is 0 Å². The van der Waals surface area contributed by atoms with Crippen molar-refractivity contribution in [2.75, 3.05) is 13.1 Å². The minimum Gasteiger partial charge on any atom is -0.351 e. The first-order chi connectivity index (χ1) is 10.9. The minimum absolute atomic E-state index is 0.0593. The van der Waals surface area contributed by atoms with E-state index < -0.39 is 6.04 Å². The number of hydrogen-bond acceptors (Lipinski definition) is 2. The van der Waals surface area contributed by atoms with Crippen molar-refractivity contribution in [3.8, 4) is 0 Å². The molecule has 0 saturated heterocycles. The Kier molecular flexibility index (Phi) is 5.89. The van der Waals surface area contributed by atoms with Gasteiger partial charge in [-0.15, -0.1) is 0 Å². The van der Waals surface area contributed by atoms with Crippen molar-refractivity contribution in [1.29, 1.82) is 0 Å². The zero-order valence-electron chi connectivity index (χ0n) is 13.2. The number of nitrogens with zero attached hydrogens (tertiary/aromatic N) is 1. The van der Waals surface area contributed by atoms with Gasteiger partial charge in [-0.05, 0) is 45.1 Å². The third-order valence-corrected chi connectivity index (χ3v) is 4.72. The van der Waals surface area contributed by atoms with Gasteiger partial charge < -0.3 is 15.5 Å². The van der Waals surface area contributed by atoms with Crippen molar-refractivity contribution in [3.63, 3.8) is 0 Å². The Morgan fingerprint density at radius 2 is 1.83 bits per heavy atom. The Bertz CT molecular complexity index is 651. The molecule has 1 aliphatic rings. The van der Waals surface area contributed by atoms with Gasteiger partial charge in [0.05, 0.1) is 11.6 Å². The van der Waals surface area contributed by atoms with Gasteiger partial charge in [-0.1, -0.05) is 29.3 Å². The maximum atomic E-state index is 12.9. The van der Waals surface area contributed by atoms with Crippen LogP contribution in [0.15, 0.2) is 29.5 Å². The number of rotatable bonds is 4. The lowest BCUT2D eigenvalue weighted by molar-refractivity contribution is -0.127. The zero-order valence-corrected chi connectivity index (χ0v) is 15.6. The fraction of sp³-hybridized carbons (Fsp3) is 0.375. The first kappa shape index (κ1) is 18.0. The number of carbonyl (C=O) groups is 1. The smallest absolute Gasteiger partial charge is 0.253 e. The summed E-state index contributed by atoms with van der Waals surface area (Å²) in [7, 11) is 0. The molecule has 0 bridgehead atoms. The van der Waals surface area contributed by atoms with Crippen molar-refractivity contribution >= 4 is 46.4 Å². The number of thiocarbonyl (C=S) groups is 1. The molecule has 2 rings (SSSR count). The maximum absolute atomic E-state index is 12.9. The van der Waals surface area contributed by atoms with E-state index in [1.165, 1.54) is 0 Å². The molecule has 0 spiro atoms. The molecule has 1 amide bonds. The number of amides is 1. The molecule has 0 fully saturated rings. The zero-order chi connectivity index (χ0) is 17.1. The van der Waals surface area contributed by atoms with Crippen molar-refractivity contribution in [1.82, 2.24) is 15.5 Å². The number of hydrogen-bond donors (Lipinski definition) is 2. The standard InChI is InChI=1S/C16H19Cl2N3OS/c1-4-21(5-2)15(22)12-9(3)19-16(23)20-14(12)13-10(17)7-6-8-11(13)18/h6-8,14H,4-5H2,1-3H3,(H2,19,20,23). The summed E-state index contributed by atoms with van der Waals surface area (Å²) < 4.78 is 0. The molecule has 2 N–H and O–H groups in total. The molecule has 0 saturated carbocycles. The highest BCUT2D eigenvalue weighted by Gasteiger charge is 2.34. The molecule has 124 valence electrons. The molecule has 1 heterocycles. The van der Waals surface area contributed by atoms with Gasteiger partial charge in [-0.2, -0.15) is 0 Å². The van der Waals surface area contributed by atoms with E-state index in [2.05, 4.69) is 10.6 Å². The molecule has 1 aliphatic heterocycles. The summed E-state index contributed by atoms with van der Waals surface area (Å²) in [6, 6.07) is 4.81. The lowest BCUT2D eigenvalue weighted by atomic mass is 9.94. The van der Waals surface area contributed by atoms with Gasteiger partial charge in [0.2, 0.25) is 0 Å².